The number of nitrogens with zero attached hydrogens (tertiary/aromatic N) is 1. The van der Waals surface area contributed by atoms with E-state index in [9.17, 15) is 8.42 Å². The molecule has 2 aromatic rings. The molecule has 0 saturated carbocycles. The third-order valence-corrected chi connectivity index (χ3v) is 4.93. The summed E-state index contributed by atoms with van der Waals surface area (Å²) in [6.07, 6.45) is 1.06. The molecule has 0 fully saturated rings. The summed E-state index contributed by atoms with van der Waals surface area (Å²) in [5, 5.41) is 0. The molecule has 1 aliphatic heterocycles. The van der Waals surface area contributed by atoms with Crippen molar-refractivity contribution in [2.75, 3.05) is 11.4 Å². The van der Waals surface area contributed by atoms with E-state index in [0.717, 1.165) is 25.1 Å². The molecule has 104 valence electrons. The van der Waals surface area contributed by atoms with Crippen molar-refractivity contribution in [3.63, 3.8) is 0 Å². The summed E-state index contributed by atoms with van der Waals surface area (Å²) in [5.41, 5.74) is 3.71. The average Bonchev–Trinajstić information content (AvgIpc) is 2.82. The van der Waals surface area contributed by atoms with Gasteiger partial charge in [-0.1, -0.05) is 30.3 Å². The minimum Gasteiger partial charge on any atom is -0.367 e. The van der Waals surface area contributed by atoms with Crippen molar-refractivity contribution in [2.45, 2.75) is 17.9 Å². The average molecular weight is 308 g/mol. The van der Waals surface area contributed by atoms with Crippen LogP contribution in [-0.2, 0) is 22.0 Å². The molecule has 0 amide bonds. The van der Waals surface area contributed by atoms with Gasteiger partial charge in [-0.15, -0.1) is 0 Å². The SMILES string of the molecule is O=S(=O)(Cl)c1ccc(CN2CCc3ccccc32)cc1. The summed E-state index contributed by atoms with van der Waals surface area (Å²) in [5.74, 6) is 0. The summed E-state index contributed by atoms with van der Waals surface area (Å²) in [7, 11) is 1.67. The maximum absolute atomic E-state index is 11.2. The molecule has 0 aromatic heterocycles. The van der Waals surface area contributed by atoms with Crippen LogP contribution in [0.2, 0.25) is 0 Å². The van der Waals surface area contributed by atoms with Crippen LogP contribution in [0.15, 0.2) is 53.4 Å². The van der Waals surface area contributed by atoms with Gasteiger partial charge in [-0.3, -0.25) is 0 Å². The van der Waals surface area contributed by atoms with Crippen LogP contribution in [0.4, 0.5) is 5.69 Å². The summed E-state index contributed by atoms with van der Waals surface area (Å²) in [4.78, 5) is 2.45. The number of benzene rings is 2. The van der Waals surface area contributed by atoms with E-state index in [4.69, 9.17) is 10.7 Å². The van der Waals surface area contributed by atoms with E-state index < -0.39 is 9.05 Å². The first-order valence-corrected chi connectivity index (χ1v) is 8.71. The van der Waals surface area contributed by atoms with E-state index >= 15 is 0 Å². The Kier molecular flexibility index (Phi) is 3.44. The molecular formula is C15H14ClNO2S. The van der Waals surface area contributed by atoms with Gasteiger partial charge >= 0.3 is 0 Å². The fourth-order valence-electron chi connectivity index (χ4n) is 2.55. The van der Waals surface area contributed by atoms with Crippen LogP contribution in [0.1, 0.15) is 11.1 Å². The van der Waals surface area contributed by atoms with E-state index in [1.54, 1.807) is 12.1 Å². The maximum atomic E-state index is 11.2. The largest absolute Gasteiger partial charge is 0.367 e. The Morgan fingerprint density at radius 1 is 1.05 bits per heavy atom. The molecule has 0 atom stereocenters. The highest BCUT2D eigenvalue weighted by Crippen LogP contribution is 2.29. The lowest BCUT2D eigenvalue weighted by Gasteiger charge is -2.19. The molecule has 3 nitrogen and oxygen atoms in total. The molecule has 0 saturated heterocycles. The van der Waals surface area contributed by atoms with Crippen molar-refractivity contribution in [3.05, 3.63) is 59.7 Å². The van der Waals surface area contributed by atoms with Crippen LogP contribution >= 0.6 is 10.7 Å². The number of anilines is 1. The third-order valence-electron chi connectivity index (χ3n) is 3.56. The summed E-state index contributed by atoms with van der Waals surface area (Å²) in [6, 6.07) is 15.1. The van der Waals surface area contributed by atoms with Crippen molar-refractivity contribution in [1.82, 2.24) is 0 Å². The van der Waals surface area contributed by atoms with Gasteiger partial charge in [0.2, 0.25) is 0 Å². The molecule has 2 aromatic carbocycles. The van der Waals surface area contributed by atoms with Gasteiger partial charge in [0.1, 0.15) is 0 Å². The fraction of sp³-hybridized carbons (Fsp3) is 0.200. The molecule has 3 rings (SSSR count). The Labute approximate surface area is 123 Å². The fourth-order valence-corrected chi connectivity index (χ4v) is 3.32. The normalized spacial score (nSPS) is 14.3. The highest BCUT2D eigenvalue weighted by atomic mass is 35.7. The van der Waals surface area contributed by atoms with Crippen LogP contribution in [0.25, 0.3) is 0 Å². The topological polar surface area (TPSA) is 37.4 Å². The second-order valence-corrected chi connectivity index (χ2v) is 7.45. The molecule has 0 spiro atoms. The monoisotopic (exact) mass is 307 g/mol. The Bertz CT molecular complexity index is 726. The van der Waals surface area contributed by atoms with Crippen molar-refractivity contribution in [1.29, 1.82) is 0 Å². The molecule has 1 heterocycles. The van der Waals surface area contributed by atoms with Crippen molar-refractivity contribution in [3.8, 4) is 0 Å². The predicted octanol–water partition coefficient (Wildman–Crippen LogP) is 3.18. The molecule has 0 radical (unpaired) electrons. The molecule has 20 heavy (non-hydrogen) atoms. The first-order valence-electron chi connectivity index (χ1n) is 6.40. The number of rotatable bonds is 3. The summed E-state index contributed by atoms with van der Waals surface area (Å²) in [6.45, 7) is 1.77. The minimum atomic E-state index is -3.64. The molecule has 0 bridgehead atoms. The zero-order chi connectivity index (χ0) is 14.2. The standard InChI is InChI=1S/C15H14ClNO2S/c16-20(18,19)14-7-5-12(6-8-14)11-17-10-9-13-3-1-2-4-15(13)17/h1-8H,9-11H2. The van der Waals surface area contributed by atoms with E-state index in [-0.39, 0.29) is 4.90 Å². The van der Waals surface area contributed by atoms with Gasteiger partial charge in [0.05, 0.1) is 4.90 Å². The lowest BCUT2D eigenvalue weighted by atomic mass is 10.1. The van der Waals surface area contributed by atoms with Crippen molar-refractivity contribution >= 4 is 25.4 Å². The van der Waals surface area contributed by atoms with Gasteiger partial charge in [0, 0.05) is 29.5 Å². The Morgan fingerprint density at radius 2 is 1.75 bits per heavy atom. The Hall–Kier alpha value is -1.52. The van der Waals surface area contributed by atoms with Gasteiger partial charge in [-0.2, -0.15) is 0 Å². The number of fused-ring (bicyclic) bond motifs is 1. The van der Waals surface area contributed by atoms with Gasteiger partial charge in [0.25, 0.3) is 9.05 Å². The predicted molar refractivity (Wildman–Crippen MR) is 80.7 cm³/mol. The van der Waals surface area contributed by atoms with E-state index in [1.807, 2.05) is 18.2 Å². The van der Waals surface area contributed by atoms with Gasteiger partial charge < -0.3 is 4.90 Å². The molecule has 5 heteroatoms. The first kappa shape index (κ1) is 13.5. The zero-order valence-electron chi connectivity index (χ0n) is 10.8. The second-order valence-electron chi connectivity index (χ2n) is 4.88. The van der Waals surface area contributed by atoms with E-state index in [0.29, 0.717) is 0 Å². The quantitative estimate of drug-likeness (QED) is 0.817. The number of hydrogen-bond acceptors (Lipinski definition) is 3. The van der Waals surface area contributed by atoms with Gasteiger partial charge in [0.15, 0.2) is 0 Å². The molecular weight excluding hydrogens is 294 g/mol. The van der Waals surface area contributed by atoms with Crippen LogP contribution in [0.3, 0.4) is 0 Å². The maximum Gasteiger partial charge on any atom is 0.261 e. The smallest absolute Gasteiger partial charge is 0.261 e. The highest BCUT2D eigenvalue weighted by Gasteiger charge is 2.18. The van der Waals surface area contributed by atoms with Gasteiger partial charge in [-0.05, 0) is 35.7 Å². The molecule has 0 N–H and O–H groups in total. The lowest BCUT2D eigenvalue weighted by molar-refractivity contribution is 0.609. The highest BCUT2D eigenvalue weighted by molar-refractivity contribution is 8.13. The van der Waals surface area contributed by atoms with Crippen LogP contribution in [-0.4, -0.2) is 15.0 Å². The van der Waals surface area contributed by atoms with E-state index in [2.05, 4.69) is 23.1 Å². The Balaban J connectivity index is 1.80. The molecule has 1 aliphatic rings. The van der Waals surface area contributed by atoms with Crippen LogP contribution in [0, 0.1) is 0 Å². The van der Waals surface area contributed by atoms with E-state index in [1.165, 1.54) is 11.3 Å². The Morgan fingerprint density at radius 3 is 2.45 bits per heavy atom. The molecule has 0 aliphatic carbocycles. The van der Waals surface area contributed by atoms with Crippen molar-refractivity contribution in [2.24, 2.45) is 0 Å². The summed E-state index contributed by atoms with van der Waals surface area (Å²) < 4.78 is 22.4. The van der Waals surface area contributed by atoms with Crippen LogP contribution < -0.4 is 4.90 Å². The first-order chi connectivity index (χ1) is 9.54. The zero-order valence-corrected chi connectivity index (χ0v) is 12.4. The third kappa shape index (κ3) is 2.67. The van der Waals surface area contributed by atoms with Crippen LogP contribution in [0.5, 0.6) is 0 Å². The second kappa shape index (κ2) is 5.11. The molecule has 0 unspecified atom stereocenters. The number of halogens is 1. The minimum absolute atomic E-state index is 0.143. The van der Waals surface area contributed by atoms with Gasteiger partial charge in [-0.25, -0.2) is 8.42 Å². The number of para-hydroxylation sites is 1. The lowest BCUT2D eigenvalue weighted by Crippen LogP contribution is -2.19. The van der Waals surface area contributed by atoms with Crippen molar-refractivity contribution < 1.29 is 8.42 Å². The number of hydrogen-bond donors (Lipinski definition) is 0. The summed E-state index contributed by atoms with van der Waals surface area (Å²) >= 11 is 0.